The summed E-state index contributed by atoms with van der Waals surface area (Å²) in [6.45, 7) is 0.463. The normalized spacial score (nSPS) is 23.0. The molecule has 1 aromatic rings. The SMILES string of the molecule is CSC(CS)C(=O)N1CC(c2ccccc2)C[C@H]1C(=O)O. The van der Waals surface area contributed by atoms with Gasteiger partial charge in [-0.3, -0.25) is 4.79 Å². The molecule has 1 saturated heterocycles. The van der Waals surface area contributed by atoms with Gasteiger partial charge >= 0.3 is 5.97 Å². The van der Waals surface area contributed by atoms with Gasteiger partial charge in [-0.25, -0.2) is 4.79 Å². The van der Waals surface area contributed by atoms with Gasteiger partial charge in [-0.15, -0.1) is 0 Å². The largest absolute Gasteiger partial charge is 0.480 e. The Bertz CT molecular complexity index is 505. The van der Waals surface area contributed by atoms with Crippen molar-refractivity contribution in [3.63, 3.8) is 0 Å². The number of carbonyl (C=O) groups excluding carboxylic acids is 1. The predicted molar refractivity (Wildman–Crippen MR) is 88.1 cm³/mol. The zero-order valence-corrected chi connectivity index (χ0v) is 13.5. The first-order valence-corrected chi connectivity index (χ1v) is 8.72. The molecule has 0 spiro atoms. The summed E-state index contributed by atoms with van der Waals surface area (Å²) in [7, 11) is 0. The molecular formula is C15H19NO3S2. The lowest BCUT2D eigenvalue weighted by molar-refractivity contribution is -0.147. The number of amides is 1. The quantitative estimate of drug-likeness (QED) is 0.814. The summed E-state index contributed by atoms with van der Waals surface area (Å²) >= 11 is 5.60. The van der Waals surface area contributed by atoms with Crippen LogP contribution in [0.1, 0.15) is 17.9 Å². The van der Waals surface area contributed by atoms with Gasteiger partial charge in [0.15, 0.2) is 0 Å². The van der Waals surface area contributed by atoms with E-state index < -0.39 is 12.0 Å². The van der Waals surface area contributed by atoms with Gasteiger partial charge in [0, 0.05) is 18.2 Å². The van der Waals surface area contributed by atoms with Crippen LogP contribution in [0.4, 0.5) is 0 Å². The van der Waals surface area contributed by atoms with E-state index in [0.29, 0.717) is 18.7 Å². The second-order valence-corrected chi connectivity index (χ2v) is 6.50. The monoisotopic (exact) mass is 325 g/mol. The van der Waals surface area contributed by atoms with Crippen molar-refractivity contribution in [1.82, 2.24) is 4.90 Å². The van der Waals surface area contributed by atoms with Gasteiger partial charge in [0.2, 0.25) is 5.91 Å². The molecule has 21 heavy (non-hydrogen) atoms. The first-order chi connectivity index (χ1) is 10.1. The van der Waals surface area contributed by atoms with E-state index in [0.717, 1.165) is 5.56 Å². The lowest BCUT2D eigenvalue weighted by Crippen LogP contribution is -2.45. The van der Waals surface area contributed by atoms with Crippen molar-refractivity contribution in [3.05, 3.63) is 35.9 Å². The second kappa shape index (κ2) is 7.22. The molecule has 1 amide bonds. The third kappa shape index (κ3) is 3.55. The zero-order chi connectivity index (χ0) is 15.4. The maximum absolute atomic E-state index is 12.5. The number of rotatable bonds is 5. The van der Waals surface area contributed by atoms with Gasteiger partial charge in [-0.2, -0.15) is 24.4 Å². The lowest BCUT2D eigenvalue weighted by Gasteiger charge is -2.25. The number of hydrogen-bond acceptors (Lipinski definition) is 4. The molecule has 1 aliphatic heterocycles. The molecule has 0 aliphatic carbocycles. The number of carboxylic acid groups (broad SMARTS) is 1. The molecule has 4 nitrogen and oxygen atoms in total. The topological polar surface area (TPSA) is 57.6 Å². The molecule has 1 heterocycles. The number of carbonyl (C=O) groups is 2. The molecule has 114 valence electrons. The number of nitrogens with zero attached hydrogens (tertiary/aromatic N) is 1. The highest BCUT2D eigenvalue weighted by Crippen LogP contribution is 2.33. The molecule has 2 rings (SSSR count). The summed E-state index contributed by atoms with van der Waals surface area (Å²) < 4.78 is 0. The minimum atomic E-state index is -0.930. The van der Waals surface area contributed by atoms with E-state index >= 15 is 0 Å². The molecular weight excluding hydrogens is 306 g/mol. The van der Waals surface area contributed by atoms with Gasteiger partial charge in [-0.1, -0.05) is 30.3 Å². The highest BCUT2D eigenvalue weighted by molar-refractivity contribution is 8.00. The van der Waals surface area contributed by atoms with Crippen LogP contribution in [0.2, 0.25) is 0 Å². The van der Waals surface area contributed by atoms with Crippen LogP contribution >= 0.6 is 24.4 Å². The Morgan fingerprint density at radius 3 is 2.62 bits per heavy atom. The number of hydrogen-bond donors (Lipinski definition) is 2. The van der Waals surface area contributed by atoms with Crippen LogP contribution in [0.25, 0.3) is 0 Å². The molecule has 0 aromatic heterocycles. The fourth-order valence-corrected chi connectivity index (χ4v) is 3.81. The highest BCUT2D eigenvalue weighted by Gasteiger charge is 2.41. The predicted octanol–water partition coefficient (Wildman–Crippen LogP) is 2.12. The Morgan fingerprint density at radius 2 is 2.10 bits per heavy atom. The van der Waals surface area contributed by atoms with Crippen molar-refractivity contribution >= 4 is 36.3 Å². The molecule has 0 radical (unpaired) electrons. The minimum absolute atomic E-state index is 0.0821. The fourth-order valence-electron chi connectivity index (χ4n) is 2.72. The van der Waals surface area contributed by atoms with Crippen molar-refractivity contribution < 1.29 is 14.7 Å². The van der Waals surface area contributed by atoms with Gasteiger partial charge in [-0.05, 0) is 18.2 Å². The van der Waals surface area contributed by atoms with E-state index in [1.165, 1.54) is 16.7 Å². The van der Waals surface area contributed by atoms with E-state index in [2.05, 4.69) is 12.6 Å². The second-order valence-electron chi connectivity index (χ2n) is 5.09. The average molecular weight is 325 g/mol. The van der Waals surface area contributed by atoms with Crippen LogP contribution in [0.5, 0.6) is 0 Å². The first-order valence-electron chi connectivity index (χ1n) is 6.80. The molecule has 0 bridgehead atoms. The van der Waals surface area contributed by atoms with E-state index in [1.807, 2.05) is 36.6 Å². The van der Waals surface area contributed by atoms with Crippen molar-refractivity contribution in [2.75, 3.05) is 18.6 Å². The van der Waals surface area contributed by atoms with Crippen LogP contribution in [0.15, 0.2) is 30.3 Å². The number of thiol groups is 1. The van der Waals surface area contributed by atoms with Crippen LogP contribution in [0, 0.1) is 0 Å². The van der Waals surface area contributed by atoms with Gasteiger partial charge in [0.05, 0.1) is 5.25 Å². The van der Waals surface area contributed by atoms with Crippen molar-refractivity contribution in [3.8, 4) is 0 Å². The van der Waals surface area contributed by atoms with E-state index in [-0.39, 0.29) is 17.1 Å². The lowest BCUT2D eigenvalue weighted by atomic mass is 9.96. The van der Waals surface area contributed by atoms with E-state index in [1.54, 1.807) is 0 Å². The van der Waals surface area contributed by atoms with Crippen molar-refractivity contribution in [1.29, 1.82) is 0 Å². The molecule has 0 saturated carbocycles. The Labute approximate surface area is 134 Å². The maximum Gasteiger partial charge on any atom is 0.326 e. The number of carboxylic acids is 1. The van der Waals surface area contributed by atoms with Crippen LogP contribution in [-0.4, -0.2) is 51.7 Å². The van der Waals surface area contributed by atoms with Crippen LogP contribution in [0.3, 0.4) is 0 Å². The minimum Gasteiger partial charge on any atom is -0.480 e. The summed E-state index contributed by atoms with van der Waals surface area (Å²) in [5.74, 6) is -0.554. The number of benzene rings is 1. The van der Waals surface area contributed by atoms with Gasteiger partial charge in [0.1, 0.15) is 6.04 Å². The maximum atomic E-state index is 12.5. The van der Waals surface area contributed by atoms with Crippen molar-refractivity contribution in [2.45, 2.75) is 23.6 Å². The van der Waals surface area contributed by atoms with E-state index in [4.69, 9.17) is 0 Å². The molecule has 2 unspecified atom stereocenters. The number of aliphatic carboxylic acids is 1. The summed E-state index contributed by atoms with van der Waals surface area (Å²) in [6, 6.07) is 9.05. The third-order valence-corrected chi connectivity index (χ3v) is 5.42. The fraction of sp³-hybridized carbons (Fsp3) is 0.467. The number of likely N-dealkylation sites (tertiary alicyclic amines) is 1. The first kappa shape index (κ1) is 16.2. The molecule has 1 N–H and O–H groups in total. The molecule has 1 aliphatic rings. The third-order valence-electron chi connectivity index (χ3n) is 3.87. The highest BCUT2D eigenvalue weighted by atomic mass is 32.2. The van der Waals surface area contributed by atoms with Gasteiger partial charge in [0.25, 0.3) is 0 Å². The molecule has 3 atom stereocenters. The number of thioether (sulfide) groups is 1. The smallest absolute Gasteiger partial charge is 0.326 e. The Hall–Kier alpha value is -1.14. The summed E-state index contributed by atoms with van der Waals surface area (Å²) in [4.78, 5) is 25.5. The summed E-state index contributed by atoms with van der Waals surface area (Å²) in [5.41, 5.74) is 1.09. The van der Waals surface area contributed by atoms with Crippen LogP contribution < -0.4 is 0 Å². The zero-order valence-electron chi connectivity index (χ0n) is 11.8. The summed E-state index contributed by atoms with van der Waals surface area (Å²) in [6.07, 6.45) is 2.32. The van der Waals surface area contributed by atoms with E-state index in [9.17, 15) is 14.7 Å². The Balaban J connectivity index is 2.20. The summed E-state index contributed by atoms with van der Waals surface area (Å²) in [5, 5.41) is 9.12. The molecule has 1 fully saturated rings. The van der Waals surface area contributed by atoms with Crippen LogP contribution in [-0.2, 0) is 9.59 Å². The Morgan fingerprint density at radius 1 is 1.43 bits per heavy atom. The average Bonchev–Trinajstić information content (AvgIpc) is 2.94. The van der Waals surface area contributed by atoms with Crippen molar-refractivity contribution in [2.24, 2.45) is 0 Å². The molecule has 1 aromatic carbocycles. The Kier molecular flexibility index (Phi) is 5.58. The molecule has 6 heteroatoms. The van der Waals surface area contributed by atoms with Gasteiger partial charge < -0.3 is 10.0 Å². The standard InChI is InChI=1S/C15H19NO3S2/c1-21-13(9-20)14(17)16-8-11(7-12(16)15(18)19)10-5-3-2-4-6-10/h2-6,11-13,20H,7-9H2,1H3,(H,18,19)/t11?,12-,13?/m0/s1.